The minimum atomic E-state index is -0.0667. The second-order valence-electron chi connectivity index (χ2n) is 4.91. The van der Waals surface area contributed by atoms with Crippen LogP contribution in [0.3, 0.4) is 0 Å². The van der Waals surface area contributed by atoms with Gasteiger partial charge in [0.25, 0.3) is 0 Å². The molecule has 2 aliphatic rings. The van der Waals surface area contributed by atoms with Crippen molar-refractivity contribution in [3.8, 4) is 12.3 Å². The first kappa shape index (κ1) is 11.0. The Kier molecular flexibility index (Phi) is 2.45. The van der Waals surface area contributed by atoms with E-state index in [1.165, 1.54) is 4.90 Å². The number of fused-ring (bicyclic) bond motifs is 2. The van der Waals surface area contributed by atoms with Crippen molar-refractivity contribution >= 4 is 17.5 Å². The van der Waals surface area contributed by atoms with E-state index in [4.69, 9.17) is 6.42 Å². The molecule has 1 saturated heterocycles. The van der Waals surface area contributed by atoms with Gasteiger partial charge in [-0.3, -0.25) is 14.5 Å². The van der Waals surface area contributed by atoms with E-state index >= 15 is 0 Å². The highest BCUT2D eigenvalue weighted by atomic mass is 16.2. The Morgan fingerprint density at radius 3 is 2.44 bits per heavy atom. The molecule has 1 saturated carbocycles. The van der Waals surface area contributed by atoms with E-state index in [1.54, 1.807) is 24.3 Å². The van der Waals surface area contributed by atoms with E-state index in [-0.39, 0.29) is 23.7 Å². The van der Waals surface area contributed by atoms with Crippen molar-refractivity contribution in [1.82, 2.24) is 0 Å². The molecule has 2 unspecified atom stereocenters. The van der Waals surface area contributed by atoms with E-state index in [9.17, 15) is 9.59 Å². The topological polar surface area (TPSA) is 37.4 Å². The van der Waals surface area contributed by atoms with Gasteiger partial charge in [-0.25, -0.2) is 0 Å². The quantitative estimate of drug-likeness (QED) is 0.555. The average Bonchev–Trinajstić information content (AvgIpc) is 2.84. The van der Waals surface area contributed by atoms with Crippen molar-refractivity contribution in [2.24, 2.45) is 11.8 Å². The Hall–Kier alpha value is -2.08. The average molecular weight is 239 g/mol. The summed E-state index contributed by atoms with van der Waals surface area (Å²) in [6.45, 7) is 0. The molecule has 2 bridgehead atoms. The number of hydrogen-bond donors (Lipinski definition) is 0. The lowest BCUT2D eigenvalue weighted by Gasteiger charge is -2.29. The van der Waals surface area contributed by atoms with Gasteiger partial charge in [0.05, 0.1) is 5.69 Å². The molecule has 3 heteroatoms. The van der Waals surface area contributed by atoms with Gasteiger partial charge in [-0.05, 0) is 37.5 Å². The first-order valence-electron chi connectivity index (χ1n) is 6.15. The summed E-state index contributed by atoms with van der Waals surface area (Å²) in [6.07, 6.45) is 7.74. The van der Waals surface area contributed by atoms with Gasteiger partial charge in [0.1, 0.15) is 0 Å². The molecule has 3 nitrogen and oxygen atoms in total. The maximum Gasteiger partial charge on any atom is 0.236 e. The molecule has 2 amide bonds. The predicted molar refractivity (Wildman–Crippen MR) is 67.7 cm³/mol. The molecule has 1 aromatic carbocycles. The fraction of sp³-hybridized carbons (Fsp3) is 0.333. The molecule has 0 N–H and O–H groups in total. The Morgan fingerprint density at radius 1 is 1.17 bits per heavy atom. The third-order valence-corrected chi connectivity index (χ3v) is 3.84. The van der Waals surface area contributed by atoms with E-state index in [0.29, 0.717) is 11.3 Å². The lowest BCUT2D eigenvalue weighted by atomic mass is 9.96. The number of carbonyl (C=O) groups is 2. The molecule has 1 aromatic rings. The Labute approximate surface area is 106 Å². The fourth-order valence-electron chi connectivity index (χ4n) is 2.89. The minimum absolute atomic E-state index is 0.0159. The number of imide groups is 1. The van der Waals surface area contributed by atoms with E-state index in [2.05, 4.69) is 5.92 Å². The molecular weight excluding hydrogens is 226 g/mol. The van der Waals surface area contributed by atoms with Gasteiger partial charge in [-0.15, -0.1) is 6.42 Å². The van der Waals surface area contributed by atoms with Gasteiger partial charge < -0.3 is 0 Å². The van der Waals surface area contributed by atoms with Crippen molar-refractivity contribution in [2.75, 3.05) is 4.90 Å². The molecule has 3 rings (SSSR count). The fourth-order valence-corrected chi connectivity index (χ4v) is 2.89. The smallest absolute Gasteiger partial charge is 0.236 e. The van der Waals surface area contributed by atoms with Crippen LogP contribution >= 0.6 is 0 Å². The van der Waals surface area contributed by atoms with Gasteiger partial charge in [0, 0.05) is 17.4 Å². The summed E-state index contributed by atoms with van der Waals surface area (Å²) in [7, 11) is 0. The lowest BCUT2D eigenvalue weighted by Crippen LogP contribution is -2.46. The number of carbonyl (C=O) groups excluding carboxylic acids is 2. The second kappa shape index (κ2) is 3.99. The Morgan fingerprint density at radius 2 is 1.83 bits per heavy atom. The van der Waals surface area contributed by atoms with Gasteiger partial charge in [-0.1, -0.05) is 12.0 Å². The highest BCUT2D eigenvalue weighted by molar-refractivity contribution is 6.18. The Bertz CT molecular complexity index is 548. The van der Waals surface area contributed by atoms with Crippen molar-refractivity contribution in [3.05, 3.63) is 29.8 Å². The Balaban J connectivity index is 2.02. The van der Waals surface area contributed by atoms with Crippen LogP contribution in [-0.4, -0.2) is 11.8 Å². The van der Waals surface area contributed by atoms with Crippen molar-refractivity contribution in [1.29, 1.82) is 0 Å². The number of hydrogen-bond acceptors (Lipinski definition) is 2. The molecule has 0 radical (unpaired) electrons. The zero-order chi connectivity index (χ0) is 12.7. The molecule has 1 heterocycles. The summed E-state index contributed by atoms with van der Waals surface area (Å²) < 4.78 is 0. The second-order valence-corrected chi connectivity index (χ2v) is 4.91. The molecule has 0 spiro atoms. The van der Waals surface area contributed by atoms with Gasteiger partial charge in [0.15, 0.2) is 0 Å². The van der Waals surface area contributed by atoms with Crippen LogP contribution in [0.25, 0.3) is 0 Å². The van der Waals surface area contributed by atoms with Crippen LogP contribution in [-0.2, 0) is 9.59 Å². The highest BCUT2D eigenvalue weighted by Gasteiger charge is 2.45. The summed E-state index contributed by atoms with van der Waals surface area (Å²) in [5.41, 5.74) is 1.29. The van der Waals surface area contributed by atoms with Crippen molar-refractivity contribution < 1.29 is 9.59 Å². The monoisotopic (exact) mass is 239 g/mol. The number of anilines is 1. The van der Waals surface area contributed by atoms with Gasteiger partial charge in [0.2, 0.25) is 11.8 Å². The molecule has 0 aromatic heterocycles. The molecule has 90 valence electrons. The highest BCUT2D eigenvalue weighted by Crippen LogP contribution is 2.39. The number of nitrogens with zero attached hydrogens (tertiary/aromatic N) is 1. The molecular formula is C15H13NO2. The zero-order valence-corrected chi connectivity index (χ0v) is 9.93. The lowest BCUT2D eigenvalue weighted by molar-refractivity contribution is -0.132. The van der Waals surface area contributed by atoms with Crippen LogP contribution in [0.1, 0.15) is 24.8 Å². The first-order valence-corrected chi connectivity index (χ1v) is 6.15. The number of piperidine rings is 1. The normalized spacial score (nSPS) is 26.3. The summed E-state index contributed by atoms with van der Waals surface area (Å²) in [5.74, 6) is 2.42. The third-order valence-electron chi connectivity index (χ3n) is 3.84. The largest absolute Gasteiger partial charge is 0.274 e. The van der Waals surface area contributed by atoms with Crippen LogP contribution in [0.5, 0.6) is 0 Å². The molecule has 18 heavy (non-hydrogen) atoms. The van der Waals surface area contributed by atoms with Crippen molar-refractivity contribution in [2.45, 2.75) is 19.3 Å². The van der Waals surface area contributed by atoms with Gasteiger partial charge >= 0.3 is 0 Å². The molecule has 2 atom stereocenters. The summed E-state index contributed by atoms with van der Waals surface area (Å²) >= 11 is 0. The zero-order valence-electron chi connectivity index (χ0n) is 9.93. The predicted octanol–water partition coefficient (Wildman–Crippen LogP) is 1.96. The number of terminal acetylenes is 1. The summed E-state index contributed by atoms with van der Waals surface area (Å²) in [6, 6.07) is 7.06. The van der Waals surface area contributed by atoms with E-state index < -0.39 is 0 Å². The van der Waals surface area contributed by atoms with E-state index in [1.807, 2.05) is 0 Å². The SMILES string of the molecule is C#Cc1cccc(N2C(=O)C3CCC(C3)C2=O)c1. The third kappa shape index (κ3) is 1.53. The molecule has 1 aliphatic carbocycles. The molecule has 2 fully saturated rings. The van der Waals surface area contributed by atoms with Crippen LogP contribution in [0.15, 0.2) is 24.3 Å². The molecule has 1 aliphatic heterocycles. The maximum absolute atomic E-state index is 12.2. The maximum atomic E-state index is 12.2. The number of amides is 2. The van der Waals surface area contributed by atoms with Crippen LogP contribution in [0.4, 0.5) is 5.69 Å². The standard InChI is InChI=1S/C15H13NO2/c1-2-10-4-3-5-13(8-10)16-14(17)11-6-7-12(9-11)15(16)18/h1,3-5,8,11-12H,6-7,9H2. The van der Waals surface area contributed by atoms with Crippen molar-refractivity contribution in [3.63, 3.8) is 0 Å². The number of rotatable bonds is 1. The van der Waals surface area contributed by atoms with E-state index in [0.717, 1.165) is 19.3 Å². The van der Waals surface area contributed by atoms with Gasteiger partial charge in [-0.2, -0.15) is 0 Å². The van der Waals surface area contributed by atoms with Crippen LogP contribution < -0.4 is 4.90 Å². The number of benzene rings is 1. The summed E-state index contributed by atoms with van der Waals surface area (Å²) in [5, 5.41) is 0. The summed E-state index contributed by atoms with van der Waals surface area (Å²) in [4.78, 5) is 25.8. The van der Waals surface area contributed by atoms with Crippen LogP contribution in [0.2, 0.25) is 0 Å². The first-order chi connectivity index (χ1) is 8.70. The van der Waals surface area contributed by atoms with Crippen LogP contribution in [0, 0.1) is 24.2 Å². The minimum Gasteiger partial charge on any atom is -0.274 e.